The van der Waals surface area contributed by atoms with Crippen molar-refractivity contribution in [2.45, 2.75) is 6.18 Å². The van der Waals surface area contributed by atoms with Crippen LogP contribution in [0.25, 0.3) is 0 Å². The van der Waals surface area contributed by atoms with Crippen LogP contribution in [0.3, 0.4) is 0 Å². The topological polar surface area (TPSA) is 80.3 Å². The quantitative estimate of drug-likeness (QED) is 0.346. The molecule has 0 bridgehead atoms. The summed E-state index contributed by atoms with van der Waals surface area (Å²) in [6.45, 7) is 0. The minimum absolute atomic E-state index is 0.134. The molecule has 2 N–H and O–H groups in total. The summed E-state index contributed by atoms with van der Waals surface area (Å²) >= 11 is 17.9. The monoisotopic (exact) mass is 539 g/mol. The number of carbonyl (C=O) groups excluding carboxylic acids is 2. The van der Waals surface area contributed by atoms with Crippen molar-refractivity contribution < 1.29 is 36.3 Å². The lowest BCUT2D eigenvalue weighted by Gasteiger charge is -2.13. The van der Waals surface area contributed by atoms with Crippen LogP contribution in [0.2, 0.25) is 15.1 Å². The third-order valence-corrected chi connectivity index (χ3v) is 4.91. The molecule has 0 aliphatic carbocycles. The summed E-state index contributed by atoms with van der Waals surface area (Å²) in [4.78, 5) is 27.6. The summed E-state index contributed by atoms with van der Waals surface area (Å²) in [6.07, 6.45) is -4.16. The second-order valence-electron chi connectivity index (χ2n) is 6.38. The molecule has 14 heteroatoms. The molecule has 3 rings (SSSR count). The van der Waals surface area contributed by atoms with Crippen LogP contribution in [-0.2, 0) is 6.18 Å². The highest BCUT2D eigenvalue weighted by Crippen LogP contribution is 2.39. The molecule has 0 unspecified atom stereocenters. The van der Waals surface area contributed by atoms with Crippen LogP contribution < -0.4 is 15.4 Å². The maximum atomic E-state index is 13.7. The summed E-state index contributed by atoms with van der Waals surface area (Å²) in [5, 5.41) is 3.08. The summed E-state index contributed by atoms with van der Waals surface area (Å²) in [5.74, 6) is -4.27. The number of nitrogens with one attached hydrogen (secondary N) is 2. The van der Waals surface area contributed by atoms with Crippen LogP contribution in [0.5, 0.6) is 11.6 Å². The third-order valence-electron chi connectivity index (χ3n) is 4.03. The number of nitrogens with zero attached hydrogens (tertiary/aromatic N) is 1. The lowest BCUT2D eigenvalue weighted by atomic mass is 10.2. The maximum Gasteiger partial charge on any atom is 0.417 e. The zero-order chi connectivity index (χ0) is 25.2. The molecule has 0 aliphatic rings. The summed E-state index contributed by atoms with van der Waals surface area (Å²) < 4.78 is 70.8. The van der Waals surface area contributed by atoms with Crippen molar-refractivity contribution in [3.63, 3.8) is 0 Å². The highest BCUT2D eigenvalue weighted by Gasteiger charge is 2.32. The Hall–Kier alpha value is -3.15. The number of urea groups is 1. The molecule has 178 valence electrons. The van der Waals surface area contributed by atoms with E-state index < -0.39 is 51.8 Å². The zero-order valence-electron chi connectivity index (χ0n) is 16.2. The molecule has 34 heavy (non-hydrogen) atoms. The van der Waals surface area contributed by atoms with E-state index in [2.05, 4.69) is 10.3 Å². The van der Waals surface area contributed by atoms with E-state index in [-0.39, 0.29) is 21.5 Å². The first-order valence-corrected chi connectivity index (χ1v) is 9.96. The molecule has 1 heterocycles. The van der Waals surface area contributed by atoms with E-state index in [4.69, 9.17) is 39.5 Å². The van der Waals surface area contributed by atoms with E-state index in [1.807, 2.05) is 0 Å². The Morgan fingerprint density at radius 3 is 2.18 bits per heavy atom. The van der Waals surface area contributed by atoms with Crippen LogP contribution >= 0.6 is 34.8 Å². The van der Waals surface area contributed by atoms with Gasteiger partial charge in [-0.1, -0.05) is 40.9 Å². The van der Waals surface area contributed by atoms with E-state index in [0.717, 1.165) is 30.3 Å². The second kappa shape index (κ2) is 10.00. The molecule has 1 aromatic heterocycles. The summed E-state index contributed by atoms with van der Waals surface area (Å²) in [6, 6.07) is 4.31. The lowest BCUT2D eigenvalue weighted by Crippen LogP contribution is -2.35. The number of amides is 3. The number of halogens is 8. The molecular formula is C20H9Cl3F5N3O3. The Labute approximate surface area is 202 Å². The van der Waals surface area contributed by atoms with Gasteiger partial charge in [0.05, 0.1) is 21.3 Å². The first-order valence-electron chi connectivity index (χ1n) is 8.82. The van der Waals surface area contributed by atoms with Crippen LogP contribution in [0.4, 0.5) is 32.4 Å². The number of benzene rings is 2. The van der Waals surface area contributed by atoms with E-state index in [9.17, 15) is 31.5 Å². The molecule has 0 spiro atoms. The fraction of sp³-hybridized carbons (Fsp3) is 0.0500. The largest absolute Gasteiger partial charge is 0.436 e. The van der Waals surface area contributed by atoms with Gasteiger partial charge in [-0.05, 0) is 24.3 Å². The number of aromatic nitrogens is 1. The Morgan fingerprint density at radius 1 is 0.941 bits per heavy atom. The highest BCUT2D eigenvalue weighted by molar-refractivity contribution is 6.37. The molecule has 0 fully saturated rings. The number of anilines is 1. The number of pyridine rings is 1. The van der Waals surface area contributed by atoms with Crippen LogP contribution in [0.1, 0.15) is 15.9 Å². The molecule has 0 atom stereocenters. The average molecular weight is 541 g/mol. The van der Waals surface area contributed by atoms with E-state index in [0.29, 0.717) is 12.3 Å². The van der Waals surface area contributed by atoms with Gasteiger partial charge in [0, 0.05) is 12.3 Å². The SMILES string of the molecule is O=C(NC(=O)c1c(F)cccc1F)Nc1cc(Cl)c(Oc2ncc(C(F)(F)F)cc2Cl)cc1Cl. The third kappa shape index (κ3) is 5.85. The molecule has 0 saturated heterocycles. The second-order valence-corrected chi connectivity index (χ2v) is 7.60. The van der Waals surface area contributed by atoms with Gasteiger partial charge in [-0.25, -0.2) is 18.6 Å². The lowest BCUT2D eigenvalue weighted by molar-refractivity contribution is -0.137. The van der Waals surface area contributed by atoms with Crippen molar-refractivity contribution in [1.29, 1.82) is 0 Å². The van der Waals surface area contributed by atoms with Gasteiger partial charge in [0.15, 0.2) is 0 Å². The van der Waals surface area contributed by atoms with Crippen LogP contribution in [-0.4, -0.2) is 16.9 Å². The average Bonchev–Trinajstić information content (AvgIpc) is 2.72. The summed E-state index contributed by atoms with van der Waals surface area (Å²) in [5.41, 5.74) is -2.19. The van der Waals surface area contributed by atoms with Gasteiger partial charge in [-0.3, -0.25) is 10.1 Å². The molecule has 0 radical (unpaired) electrons. The first-order chi connectivity index (χ1) is 15.9. The Balaban J connectivity index is 1.74. The molecule has 2 aromatic carbocycles. The van der Waals surface area contributed by atoms with Crippen molar-refractivity contribution >= 4 is 52.4 Å². The summed E-state index contributed by atoms with van der Waals surface area (Å²) in [7, 11) is 0. The number of hydrogen-bond acceptors (Lipinski definition) is 4. The van der Waals surface area contributed by atoms with E-state index >= 15 is 0 Å². The predicted octanol–water partition coefficient (Wildman–Crippen LogP) is 7.09. The maximum absolute atomic E-state index is 13.7. The van der Waals surface area contributed by atoms with E-state index in [1.54, 1.807) is 5.32 Å². The molecule has 0 aliphatic heterocycles. The van der Waals surface area contributed by atoms with Gasteiger partial charge in [0.2, 0.25) is 5.88 Å². The normalized spacial score (nSPS) is 11.2. The minimum Gasteiger partial charge on any atom is -0.436 e. The Kier molecular flexibility index (Phi) is 7.49. The Morgan fingerprint density at radius 2 is 1.59 bits per heavy atom. The van der Waals surface area contributed by atoms with Gasteiger partial charge in [-0.2, -0.15) is 13.2 Å². The highest BCUT2D eigenvalue weighted by atomic mass is 35.5. The van der Waals surface area contributed by atoms with Gasteiger partial charge in [0.1, 0.15) is 28.0 Å². The number of carbonyl (C=O) groups is 2. The number of alkyl halides is 3. The molecule has 0 saturated carbocycles. The van der Waals surface area contributed by atoms with Crippen molar-refractivity contribution in [3.8, 4) is 11.6 Å². The van der Waals surface area contributed by atoms with Crippen LogP contribution in [0.15, 0.2) is 42.6 Å². The van der Waals surface area contributed by atoms with Crippen molar-refractivity contribution in [2.24, 2.45) is 0 Å². The molecule has 6 nitrogen and oxygen atoms in total. The van der Waals surface area contributed by atoms with Crippen LogP contribution in [0, 0.1) is 11.6 Å². The number of hydrogen-bond donors (Lipinski definition) is 2. The van der Waals surface area contributed by atoms with Crippen molar-refractivity contribution in [1.82, 2.24) is 10.3 Å². The van der Waals surface area contributed by atoms with Crippen molar-refractivity contribution in [2.75, 3.05) is 5.32 Å². The fourth-order valence-corrected chi connectivity index (χ4v) is 3.10. The smallest absolute Gasteiger partial charge is 0.417 e. The number of rotatable bonds is 4. The fourth-order valence-electron chi connectivity index (χ4n) is 2.50. The van der Waals surface area contributed by atoms with Crippen molar-refractivity contribution in [3.05, 3.63) is 80.4 Å². The Bertz CT molecular complexity index is 1270. The molecule has 3 amide bonds. The zero-order valence-corrected chi connectivity index (χ0v) is 18.5. The predicted molar refractivity (Wildman–Crippen MR) is 114 cm³/mol. The number of imide groups is 1. The standard InChI is InChI=1S/C20H9Cl3F5N3O3/c21-9-6-15(34-18-11(23)4-8(7-29-18)20(26,27)28)10(22)5-14(9)30-19(33)31-17(32)16-12(24)2-1-3-13(16)25/h1-7H,(H2,30,31,32,33). The van der Waals surface area contributed by atoms with Gasteiger partial charge >= 0.3 is 12.2 Å². The molecule has 3 aromatic rings. The van der Waals surface area contributed by atoms with E-state index in [1.165, 1.54) is 0 Å². The van der Waals surface area contributed by atoms with Gasteiger partial charge in [-0.15, -0.1) is 0 Å². The molecular weight excluding hydrogens is 532 g/mol. The number of ether oxygens (including phenoxy) is 1. The van der Waals surface area contributed by atoms with Gasteiger partial charge in [0.25, 0.3) is 5.91 Å². The minimum atomic E-state index is -4.66. The first kappa shape index (κ1) is 25.5. The van der Waals surface area contributed by atoms with Gasteiger partial charge < -0.3 is 10.1 Å².